The summed E-state index contributed by atoms with van der Waals surface area (Å²) in [5.41, 5.74) is 1.86. The number of nitrogens with one attached hydrogen (secondary N) is 1. The molecule has 0 aliphatic carbocycles. The normalized spacial score (nSPS) is 12.8. The first-order valence-corrected chi connectivity index (χ1v) is 14.9. The zero-order valence-corrected chi connectivity index (χ0v) is 25.0. The van der Waals surface area contributed by atoms with Crippen LogP contribution in [0.5, 0.6) is 5.75 Å². The highest BCUT2D eigenvalue weighted by Crippen LogP contribution is 2.27. The van der Waals surface area contributed by atoms with E-state index in [2.05, 4.69) is 5.32 Å². The van der Waals surface area contributed by atoms with Gasteiger partial charge in [-0.3, -0.25) is 13.9 Å². The Morgan fingerprint density at radius 2 is 1.68 bits per heavy atom. The fraction of sp³-hybridized carbons (Fsp3) is 0.333. The van der Waals surface area contributed by atoms with Crippen LogP contribution in [0.15, 0.2) is 77.7 Å². The lowest BCUT2D eigenvalue weighted by molar-refractivity contribution is -0.139. The molecule has 40 heavy (non-hydrogen) atoms. The second kappa shape index (κ2) is 13.7. The fourth-order valence-electron chi connectivity index (χ4n) is 4.01. The number of anilines is 1. The number of amides is 2. The monoisotopic (exact) mass is 585 g/mol. The van der Waals surface area contributed by atoms with Gasteiger partial charge in [0.15, 0.2) is 0 Å². The summed E-state index contributed by atoms with van der Waals surface area (Å²) in [6.45, 7) is 6.85. The van der Waals surface area contributed by atoms with Crippen LogP contribution in [0, 0.1) is 6.92 Å². The van der Waals surface area contributed by atoms with Gasteiger partial charge in [0.25, 0.3) is 10.0 Å². The minimum atomic E-state index is -4.16. The molecule has 0 aromatic heterocycles. The average molecular weight is 586 g/mol. The van der Waals surface area contributed by atoms with Gasteiger partial charge in [-0.15, -0.1) is 0 Å². The van der Waals surface area contributed by atoms with Crippen molar-refractivity contribution in [1.29, 1.82) is 0 Å². The van der Waals surface area contributed by atoms with E-state index in [1.54, 1.807) is 62.6 Å². The molecule has 0 saturated carbocycles. The molecule has 0 bridgehead atoms. The van der Waals surface area contributed by atoms with Crippen molar-refractivity contribution in [2.45, 2.75) is 57.6 Å². The predicted octanol–water partition coefficient (Wildman–Crippen LogP) is 5.18. The lowest BCUT2D eigenvalue weighted by Gasteiger charge is -2.32. The van der Waals surface area contributed by atoms with E-state index in [0.717, 1.165) is 21.9 Å². The van der Waals surface area contributed by atoms with Crippen LogP contribution in [0.3, 0.4) is 0 Å². The Balaban J connectivity index is 2.03. The van der Waals surface area contributed by atoms with Gasteiger partial charge < -0.3 is 15.0 Å². The van der Waals surface area contributed by atoms with Crippen LogP contribution in [-0.2, 0) is 26.2 Å². The van der Waals surface area contributed by atoms with Gasteiger partial charge in [-0.2, -0.15) is 0 Å². The van der Waals surface area contributed by atoms with E-state index in [4.69, 9.17) is 16.3 Å². The number of halogens is 1. The van der Waals surface area contributed by atoms with Gasteiger partial charge in [-0.25, -0.2) is 8.42 Å². The van der Waals surface area contributed by atoms with Crippen LogP contribution in [0.2, 0.25) is 5.02 Å². The van der Waals surface area contributed by atoms with E-state index in [9.17, 15) is 18.0 Å². The molecule has 0 spiro atoms. The van der Waals surface area contributed by atoms with E-state index in [0.29, 0.717) is 10.8 Å². The van der Waals surface area contributed by atoms with Gasteiger partial charge in [-0.05, 0) is 75.2 Å². The van der Waals surface area contributed by atoms with Crippen molar-refractivity contribution in [3.63, 3.8) is 0 Å². The maximum absolute atomic E-state index is 14.0. The number of rotatable bonds is 12. The second-order valence-electron chi connectivity index (χ2n) is 9.67. The number of nitrogens with zero attached hydrogens (tertiary/aromatic N) is 2. The summed E-state index contributed by atoms with van der Waals surface area (Å²) in [7, 11) is -2.62. The molecule has 0 heterocycles. The fourth-order valence-corrected chi connectivity index (χ4v) is 5.60. The third kappa shape index (κ3) is 7.76. The number of carbonyl (C=O) groups excluding carboxylic acids is 2. The van der Waals surface area contributed by atoms with Gasteiger partial charge in [0.1, 0.15) is 18.3 Å². The van der Waals surface area contributed by atoms with E-state index < -0.39 is 28.5 Å². The highest BCUT2D eigenvalue weighted by molar-refractivity contribution is 7.92. The summed E-state index contributed by atoms with van der Waals surface area (Å²) >= 11 is 6.21. The van der Waals surface area contributed by atoms with Gasteiger partial charge in [0.2, 0.25) is 11.8 Å². The molecular weight excluding hydrogens is 550 g/mol. The average Bonchev–Trinajstić information content (AvgIpc) is 2.94. The summed E-state index contributed by atoms with van der Waals surface area (Å²) < 4.78 is 34.1. The molecule has 3 rings (SSSR count). The minimum Gasteiger partial charge on any atom is -0.497 e. The molecule has 2 atom stereocenters. The maximum atomic E-state index is 14.0. The Labute approximate surface area is 241 Å². The lowest BCUT2D eigenvalue weighted by Crippen LogP contribution is -2.52. The Hall–Kier alpha value is -3.56. The Kier molecular flexibility index (Phi) is 10.6. The van der Waals surface area contributed by atoms with Crippen molar-refractivity contribution in [2.24, 2.45) is 0 Å². The highest BCUT2D eigenvalue weighted by atomic mass is 35.5. The van der Waals surface area contributed by atoms with E-state index >= 15 is 0 Å². The number of ether oxygens (including phenoxy) is 1. The SMILES string of the molecule is CCC(C)NC(=O)C(C)N(Cc1cccc(OC)c1)C(=O)CN(c1cccc(Cl)c1)S(=O)(=O)c1ccc(C)cc1. The van der Waals surface area contributed by atoms with Crippen LogP contribution in [0.25, 0.3) is 0 Å². The molecule has 10 heteroatoms. The third-order valence-electron chi connectivity index (χ3n) is 6.64. The van der Waals surface area contributed by atoms with Gasteiger partial charge in [-0.1, -0.05) is 54.4 Å². The quantitative estimate of drug-likeness (QED) is 0.316. The van der Waals surface area contributed by atoms with Crippen LogP contribution in [0.4, 0.5) is 5.69 Å². The number of sulfonamides is 1. The summed E-state index contributed by atoms with van der Waals surface area (Å²) in [5, 5.41) is 3.24. The Morgan fingerprint density at radius 3 is 2.30 bits per heavy atom. The summed E-state index contributed by atoms with van der Waals surface area (Å²) in [4.78, 5) is 28.5. The van der Waals surface area contributed by atoms with Crippen LogP contribution in [0.1, 0.15) is 38.3 Å². The molecule has 2 unspecified atom stereocenters. The predicted molar refractivity (Wildman–Crippen MR) is 158 cm³/mol. The Bertz CT molecular complexity index is 1430. The number of carbonyl (C=O) groups is 2. The molecule has 1 N–H and O–H groups in total. The lowest BCUT2D eigenvalue weighted by atomic mass is 10.1. The molecule has 3 aromatic rings. The molecule has 2 amide bonds. The molecule has 3 aromatic carbocycles. The van der Waals surface area contributed by atoms with Crippen molar-refractivity contribution >= 4 is 39.1 Å². The topological polar surface area (TPSA) is 96.0 Å². The first kappa shape index (κ1) is 31.0. The third-order valence-corrected chi connectivity index (χ3v) is 8.66. The number of benzene rings is 3. The van der Waals surface area contributed by atoms with Crippen LogP contribution >= 0.6 is 11.6 Å². The van der Waals surface area contributed by atoms with Crippen molar-refractivity contribution in [2.75, 3.05) is 18.0 Å². The van der Waals surface area contributed by atoms with E-state index in [1.165, 1.54) is 23.1 Å². The molecule has 214 valence electrons. The molecule has 0 aliphatic rings. The van der Waals surface area contributed by atoms with Crippen LogP contribution in [-0.4, -0.2) is 50.9 Å². The van der Waals surface area contributed by atoms with E-state index in [1.807, 2.05) is 26.8 Å². The van der Waals surface area contributed by atoms with Gasteiger partial charge in [0, 0.05) is 17.6 Å². The second-order valence-corrected chi connectivity index (χ2v) is 12.0. The first-order chi connectivity index (χ1) is 19.0. The summed E-state index contributed by atoms with van der Waals surface area (Å²) in [5.74, 6) is -0.282. The molecule has 0 fully saturated rings. The Morgan fingerprint density at radius 1 is 1.00 bits per heavy atom. The van der Waals surface area contributed by atoms with Crippen molar-refractivity contribution in [3.8, 4) is 5.75 Å². The van der Waals surface area contributed by atoms with Crippen molar-refractivity contribution < 1.29 is 22.7 Å². The van der Waals surface area contributed by atoms with Crippen LogP contribution < -0.4 is 14.4 Å². The minimum absolute atomic E-state index is 0.0350. The molecule has 0 radical (unpaired) electrons. The molecule has 0 aliphatic heterocycles. The molecule has 8 nitrogen and oxygen atoms in total. The zero-order chi connectivity index (χ0) is 29.4. The first-order valence-electron chi connectivity index (χ1n) is 13.0. The smallest absolute Gasteiger partial charge is 0.264 e. The highest BCUT2D eigenvalue weighted by Gasteiger charge is 2.33. The number of hydrogen-bond acceptors (Lipinski definition) is 5. The van der Waals surface area contributed by atoms with Gasteiger partial charge in [0.05, 0.1) is 17.7 Å². The number of methoxy groups -OCH3 is 1. The maximum Gasteiger partial charge on any atom is 0.264 e. The summed E-state index contributed by atoms with van der Waals surface area (Å²) in [6.07, 6.45) is 0.722. The van der Waals surface area contributed by atoms with Gasteiger partial charge >= 0.3 is 0 Å². The molecular formula is C30H36ClN3O5S. The van der Waals surface area contributed by atoms with E-state index in [-0.39, 0.29) is 29.1 Å². The number of hydrogen-bond donors (Lipinski definition) is 1. The molecule has 0 saturated heterocycles. The van der Waals surface area contributed by atoms with Crippen molar-refractivity contribution in [1.82, 2.24) is 10.2 Å². The number of aryl methyl sites for hydroxylation is 1. The standard InChI is InChI=1S/C30H36ClN3O5S/c1-6-22(3)32-30(36)23(4)33(19-24-9-7-12-27(17-24)39-5)29(35)20-34(26-11-8-10-25(31)18-26)40(37,38)28-15-13-21(2)14-16-28/h7-18,22-23H,6,19-20H2,1-5H3,(H,32,36). The largest absolute Gasteiger partial charge is 0.497 e. The van der Waals surface area contributed by atoms with Crippen molar-refractivity contribution in [3.05, 3.63) is 88.9 Å². The summed E-state index contributed by atoms with van der Waals surface area (Å²) in [6, 6.07) is 18.9. The zero-order valence-electron chi connectivity index (χ0n) is 23.4.